The first kappa shape index (κ1) is 17.4. The first-order chi connectivity index (χ1) is 10.4. The predicted molar refractivity (Wildman–Crippen MR) is 84.3 cm³/mol. The Balaban J connectivity index is 1.78. The Bertz CT molecular complexity index is 615. The van der Waals surface area contributed by atoms with Gasteiger partial charge in [-0.25, -0.2) is 13.1 Å². The van der Waals surface area contributed by atoms with Crippen molar-refractivity contribution in [3.63, 3.8) is 0 Å². The van der Waals surface area contributed by atoms with Crippen LogP contribution in [0.25, 0.3) is 0 Å². The van der Waals surface area contributed by atoms with E-state index in [0.717, 1.165) is 37.3 Å². The van der Waals surface area contributed by atoms with Gasteiger partial charge in [0.2, 0.25) is 15.9 Å². The van der Waals surface area contributed by atoms with Crippen LogP contribution in [-0.2, 0) is 10.0 Å². The van der Waals surface area contributed by atoms with Crippen LogP contribution in [0.3, 0.4) is 0 Å². The van der Waals surface area contributed by atoms with Crippen LogP contribution >= 0.6 is 11.3 Å². The quantitative estimate of drug-likeness (QED) is 0.600. The smallest absolute Gasteiger partial charge is 0.250 e. The number of hydrogen-bond acceptors (Lipinski definition) is 6. The number of nitrogens with one attached hydrogen (secondary N) is 1. The van der Waals surface area contributed by atoms with Crippen LogP contribution in [0.4, 0.5) is 0 Å². The summed E-state index contributed by atoms with van der Waals surface area (Å²) in [6, 6.07) is 1.29. The fourth-order valence-corrected chi connectivity index (χ4v) is 4.69. The molecule has 1 fully saturated rings. The molecule has 1 aromatic rings. The van der Waals surface area contributed by atoms with Gasteiger partial charge in [-0.1, -0.05) is 0 Å². The average Bonchev–Trinajstić information content (AvgIpc) is 2.94. The van der Waals surface area contributed by atoms with Crippen molar-refractivity contribution >= 4 is 27.3 Å². The molecular weight excluding hydrogens is 326 g/mol. The number of hydrogen-bond donors (Lipinski definition) is 3. The summed E-state index contributed by atoms with van der Waals surface area (Å²) in [7, 11) is -3.59. The molecule has 22 heavy (non-hydrogen) atoms. The zero-order valence-corrected chi connectivity index (χ0v) is 13.8. The van der Waals surface area contributed by atoms with Crippen molar-refractivity contribution in [1.29, 1.82) is 0 Å². The van der Waals surface area contributed by atoms with E-state index in [0.29, 0.717) is 19.5 Å². The number of nitrogens with zero attached hydrogens (tertiary/aromatic N) is 1. The second kappa shape index (κ2) is 7.51. The van der Waals surface area contributed by atoms with E-state index in [-0.39, 0.29) is 15.9 Å². The van der Waals surface area contributed by atoms with Crippen LogP contribution < -0.4 is 10.5 Å². The molecule has 1 aliphatic heterocycles. The lowest BCUT2D eigenvalue weighted by molar-refractivity contribution is 0.0704. The molecule has 9 heteroatoms. The van der Waals surface area contributed by atoms with Gasteiger partial charge in [-0.15, -0.1) is 11.3 Å². The molecule has 1 aromatic heterocycles. The highest BCUT2D eigenvalue weighted by Gasteiger charge is 2.19. The molecule has 1 atom stereocenters. The first-order valence-electron chi connectivity index (χ1n) is 7.17. The fourth-order valence-electron chi connectivity index (χ4n) is 2.40. The summed E-state index contributed by atoms with van der Waals surface area (Å²) in [5.74, 6) is -0.638. The number of aliphatic hydroxyl groups excluding tert-OH is 1. The molecule has 0 spiro atoms. The van der Waals surface area contributed by atoms with Crippen LogP contribution in [0.2, 0.25) is 0 Å². The maximum absolute atomic E-state index is 12.1. The molecule has 1 amide bonds. The second-order valence-corrected chi connectivity index (χ2v) is 8.27. The minimum Gasteiger partial charge on any atom is -0.392 e. The standard InChI is InChI=1S/C13H21N3O4S2/c14-13(18)10-7-12(21-9-10)22(19,20)15-4-2-6-16-5-1-3-11(17)8-16/h7,9,11,15,17H,1-6,8H2,(H2,14,18)/t11-/m1/s1. The molecule has 7 nitrogen and oxygen atoms in total. The molecule has 1 saturated heterocycles. The zero-order chi connectivity index (χ0) is 16.2. The van der Waals surface area contributed by atoms with E-state index >= 15 is 0 Å². The van der Waals surface area contributed by atoms with Gasteiger partial charge in [-0.05, 0) is 38.4 Å². The molecule has 124 valence electrons. The molecule has 0 aliphatic carbocycles. The third-order valence-corrected chi connectivity index (χ3v) is 6.45. The molecule has 0 unspecified atom stereocenters. The van der Waals surface area contributed by atoms with Gasteiger partial charge in [0.05, 0.1) is 11.7 Å². The van der Waals surface area contributed by atoms with E-state index in [1.165, 1.54) is 11.4 Å². The SMILES string of the molecule is NC(=O)c1csc(S(=O)(=O)NCCCN2CCC[C@@H](O)C2)c1. The number of likely N-dealkylation sites (tertiary alicyclic amines) is 1. The second-order valence-electron chi connectivity index (χ2n) is 5.37. The first-order valence-corrected chi connectivity index (χ1v) is 9.53. The van der Waals surface area contributed by atoms with E-state index in [4.69, 9.17) is 5.73 Å². The number of aliphatic hydroxyl groups is 1. The van der Waals surface area contributed by atoms with Crippen molar-refractivity contribution in [3.8, 4) is 0 Å². The molecule has 4 N–H and O–H groups in total. The van der Waals surface area contributed by atoms with Gasteiger partial charge < -0.3 is 15.7 Å². The molecule has 0 aromatic carbocycles. The summed E-state index contributed by atoms with van der Waals surface area (Å²) < 4.78 is 26.7. The van der Waals surface area contributed by atoms with Crippen molar-refractivity contribution in [1.82, 2.24) is 9.62 Å². The average molecular weight is 347 g/mol. The highest BCUT2D eigenvalue weighted by Crippen LogP contribution is 2.19. The minimum atomic E-state index is -3.59. The van der Waals surface area contributed by atoms with Gasteiger partial charge in [0.15, 0.2) is 0 Å². The lowest BCUT2D eigenvalue weighted by Gasteiger charge is -2.29. The number of thiophene rings is 1. The van der Waals surface area contributed by atoms with Crippen LogP contribution in [-0.4, -0.2) is 56.6 Å². The Morgan fingerprint density at radius 2 is 2.32 bits per heavy atom. The number of nitrogens with two attached hydrogens (primary N) is 1. The zero-order valence-electron chi connectivity index (χ0n) is 12.2. The number of carbonyl (C=O) groups is 1. The molecule has 1 aliphatic rings. The topological polar surface area (TPSA) is 113 Å². The Hall–Kier alpha value is -1.00. The Kier molecular flexibility index (Phi) is 5.93. The monoisotopic (exact) mass is 347 g/mol. The van der Waals surface area contributed by atoms with E-state index in [1.54, 1.807) is 0 Å². The number of carbonyl (C=O) groups excluding carboxylic acids is 1. The number of piperidine rings is 1. The van der Waals surface area contributed by atoms with Gasteiger partial charge in [0.25, 0.3) is 0 Å². The predicted octanol–water partition coefficient (Wildman–Crippen LogP) is -0.0279. The van der Waals surface area contributed by atoms with Gasteiger partial charge in [-0.2, -0.15) is 0 Å². The number of sulfonamides is 1. The van der Waals surface area contributed by atoms with E-state index in [2.05, 4.69) is 9.62 Å². The molecule has 2 rings (SSSR count). The largest absolute Gasteiger partial charge is 0.392 e. The van der Waals surface area contributed by atoms with Crippen LogP contribution in [0, 0.1) is 0 Å². The maximum atomic E-state index is 12.1. The maximum Gasteiger partial charge on any atom is 0.250 e. The number of amides is 1. The van der Waals surface area contributed by atoms with E-state index in [9.17, 15) is 18.3 Å². The van der Waals surface area contributed by atoms with Gasteiger partial charge in [0, 0.05) is 18.5 Å². The van der Waals surface area contributed by atoms with Crippen molar-refractivity contribution in [2.24, 2.45) is 5.73 Å². The number of rotatable bonds is 7. The van der Waals surface area contributed by atoms with Crippen molar-refractivity contribution in [2.45, 2.75) is 29.6 Å². The number of β-amino-alcohol motifs (C(OH)–C–C–N with tert-alkyl or cyclic N) is 1. The Morgan fingerprint density at radius 3 is 2.95 bits per heavy atom. The van der Waals surface area contributed by atoms with Crippen LogP contribution in [0.5, 0.6) is 0 Å². The highest BCUT2D eigenvalue weighted by molar-refractivity contribution is 7.91. The van der Waals surface area contributed by atoms with Gasteiger partial charge >= 0.3 is 0 Å². The Morgan fingerprint density at radius 1 is 1.55 bits per heavy atom. The molecule has 0 saturated carbocycles. The lowest BCUT2D eigenvalue weighted by atomic mass is 10.1. The van der Waals surface area contributed by atoms with Crippen molar-refractivity contribution < 1.29 is 18.3 Å². The molecule has 0 bridgehead atoms. The van der Waals surface area contributed by atoms with Crippen LogP contribution in [0.15, 0.2) is 15.7 Å². The summed E-state index contributed by atoms with van der Waals surface area (Å²) in [5.41, 5.74) is 5.31. The minimum absolute atomic E-state index is 0.0923. The summed E-state index contributed by atoms with van der Waals surface area (Å²) in [5, 5.41) is 11.0. The van der Waals surface area contributed by atoms with Crippen LogP contribution in [0.1, 0.15) is 29.6 Å². The highest BCUT2D eigenvalue weighted by atomic mass is 32.2. The van der Waals surface area contributed by atoms with Gasteiger partial charge in [0.1, 0.15) is 4.21 Å². The van der Waals surface area contributed by atoms with Gasteiger partial charge in [-0.3, -0.25) is 4.79 Å². The summed E-state index contributed by atoms with van der Waals surface area (Å²) in [4.78, 5) is 13.1. The summed E-state index contributed by atoms with van der Waals surface area (Å²) in [6.45, 7) is 2.66. The third kappa shape index (κ3) is 4.75. The normalized spacial score (nSPS) is 20.1. The third-order valence-electron chi connectivity index (χ3n) is 3.55. The summed E-state index contributed by atoms with van der Waals surface area (Å²) in [6.07, 6.45) is 2.20. The summed E-state index contributed by atoms with van der Waals surface area (Å²) >= 11 is 0.976. The molecule has 0 radical (unpaired) electrons. The lowest BCUT2D eigenvalue weighted by Crippen LogP contribution is -2.39. The molecule has 2 heterocycles. The number of primary amides is 1. The molecular formula is C13H21N3O4S2. The Labute approximate surface area is 134 Å². The van der Waals surface area contributed by atoms with E-state index < -0.39 is 15.9 Å². The van der Waals surface area contributed by atoms with Crippen molar-refractivity contribution in [3.05, 3.63) is 17.0 Å². The fraction of sp³-hybridized carbons (Fsp3) is 0.615. The van der Waals surface area contributed by atoms with Crippen molar-refractivity contribution in [2.75, 3.05) is 26.2 Å². The van der Waals surface area contributed by atoms with E-state index in [1.807, 2.05) is 0 Å².